The van der Waals surface area contributed by atoms with Crippen LogP contribution >= 0.6 is 0 Å². The zero-order valence-corrected chi connectivity index (χ0v) is 16.2. The molecule has 0 amide bonds. The molecule has 3 saturated carbocycles. The van der Waals surface area contributed by atoms with Gasteiger partial charge in [0.2, 0.25) is 0 Å². The third-order valence-electron chi connectivity index (χ3n) is 7.18. The second-order valence-corrected chi connectivity index (χ2v) is 9.10. The Hall–Kier alpha value is -0.870. The van der Waals surface area contributed by atoms with Crippen LogP contribution in [0.1, 0.15) is 64.7 Å². The van der Waals surface area contributed by atoms with Gasteiger partial charge in [-0.2, -0.15) is 0 Å². The van der Waals surface area contributed by atoms with Crippen LogP contribution in [0.2, 0.25) is 0 Å². The van der Waals surface area contributed by atoms with Gasteiger partial charge in [0.15, 0.2) is 0 Å². The zero-order valence-electron chi connectivity index (χ0n) is 16.2. The van der Waals surface area contributed by atoms with Crippen LogP contribution in [0.15, 0.2) is 12.2 Å². The predicted octanol–water partition coefficient (Wildman–Crippen LogP) is 4.27. The van der Waals surface area contributed by atoms with Gasteiger partial charge in [-0.05, 0) is 82.0 Å². The van der Waals surface area contributed by atoms with E-state index in [1.165, 1.54) is 44.9 Å². The number of carbonyl (C=O) groups is 1. The number of hydrogen-bond donors (Lipinski definition) is 0. The summed E-state index contributed by atoms with van der Waals surface area (Å²) in [5, 5.41) is 0. The van der Waals surface area contributed by atoms with Crippen molar-refractivity contribution in [3.63, 3.8) is 0 Å². The van der Waals surface area contributed by atoms with Crippen LogP contribution in [-0.4, -0.2) is 37.5 Å². The molecule has 0 aromatic heterocycles. The van der Waals surface area contributed by atoms with Gasteiger partial charge in [-0.1, -0.05) is 13.0 Å². The third kappa shape index (κ3) is 4.17. The van der Waals surface area contributed by atoms with E-state index < -0.39 is 0 Å². The van der Waals surface area contributed by atoms with Crippen LogP contribution in [0.4, 0.5) is 0 Å². The van der Waals surface area contributed by atoms with Gasteiger partial charge < -0.3 is 14.2 Å². The molecule has 4 heteroatoms. The zero-order chi connectivity index (χ0) is 18.1. The highest BCUT2D eigenvalue weighted by Crippen LogP contribution is 2.45. The molecular formula is C22H34O4. The van der Waals surface area contributed by atoms with Crippen molar-refractivity contribution in [3.05, 3.63) is 12.2 Å². The summed E-state index contributed by atoms with van der Waals surface area (Å²) in [7, 11) is 0. The van der Waals surface area contributed by atoms with E-state index in [-0.39, 0.29) is 12.1 Å². The minimum Gasteiger partial charge on any atom is -0.459 e. The Balaban J connectivity index is 1.27. The van der Waals surface area contributed by atoms with E-state index in [4.69, 9.17) is 14.2 Å². The van der Waals surface area contributed by atoms with Crippen molar-refractivity contribution < 1.29 is 19.0 Å². The molecular weight excluding hydrogens is 328 g/mol. The van der Waals surface area contributed by atoms with Crippen molar-refractivity contribution in [1.82, 2.24) is 0 Å². The summed E-state index contributed by atoms with van der Waals surface area (Å²) in [6, 6.07) is 0. The molecule has 0 aromatic rings. The highest BCUT2D eigenvalue weighted by Gasteiger charge is 2.44. The second kappa shape index (κ2) is 8.02. The number of ether oxygens (including phenoxy) is 3. The quantitative estimate of drug-likeness (QED) is 0.402. The van der Waals surface area contributed by atoms with E-state index in [0.29, 0.717) is 41.5 Å². The molecule has 1 aliphatic heterocycles. The molecule has 0 spiro atoms. The maximum atomic E-state index is 12.0. The Morgan fingerprint density at radius 1 is 1.00 bits per heavy atom. The van der Waals surface area contributed by atoms with E-state index in [1.807, 2.05) is 0 Å². The highest BCUT2D eigenvalue weighted by molar-refractivity contribution is 5.87. The minimum absolute atomic E-state index is 0.0862. The molecule has 7 unspecified atom stereocenters. The van der Waals surface area contributed by atoms with Gasteiger partial charge >= 0.3 is 5.97 Å². The Kier molecular flexibility index (Phi) is 5.70. The lowest BCUT2D eigenvalue weighted by Gasteiger charge is -2.45. The fraction of sp³-hybridized carbons (Fsp3) is 0.864. The number of epoxide rings is 1. The van der Waals surface area contributed by atoms with Crippen molar-refractivity contribution >= 4 is 5.97 Å². The first-order valence-electron chi connectivity index (χ1n) is 10.7. The first kappa shape index (κ1) is 18.5. The smallest absolute Gasteiger partial charge is 0.333 e. The Bertz CT molecular complexity index is 530. The van der Waals surface area contributed by atoms with Crippen LogP contribution in [0.25, 0.3) is 0 Å². The summed E-state index contributed by atoms with van der Waals surface area (Å²) in [6.07, 6.45) is 12.0. The van der Waals surface area contributed by atoms with E-state index in [9.17, 15) is 4.79 Å². The van der Waals surface area contributed by atoms with Gasteiger partial charge in [0.05, 0.1) is 12.2 Å². The highest BCUT2D eigenvalue weighted by atomic mass is 16.6. The summed E-state index contributed by atoms with van der Waals surface area (Å²) in [5.74, 6) is 2.28. The maximum Gasteiger partial charge on any atom is 0.333 e. The molecule has 1 saturated heterocycles. The summed E-state index contributed by atoms with van der Waals surface area (Å²) < 4.78 is 17.6. The molecule has 0 N–H and O–H groups in total. The third-order valence-corrected chi connectivity index (χ3v) is 7.18. The SMILES string of the molecule is C=C(C)C(=O)OC1CCCC2C(COCC3CCC4OC4C3)CCCC12. The van der Waals surface area contributed by atoms with Gasteiger partial charge in [-0.15, -0.1) is 0 Å². The number of hydrogen-bond acceptors (Lipinski definition) is 4. The second-order valence-electron chi connectivity index (χ2n) is 9.10. The summed E-state index contributed by atoms with van der Waals surface area (Å²) in [6.45, 7) is 7.25. The van der Waals surface area contributed by atoms with Gasteiger partial charge in [0.1, 0.15) is 6.10 Å². The predicted molar refractivity (Wildman–Crippen MR) is 99.7 cm³/mol. The topological polar surface area (TPSA) is 48.1 Å². The normalized spacial score (nSPS) is 41.7. The van der Waals surface area contributed by atoms with Gasteiger partial charge in [-0.25, -0.2) is 4.79 Å². The standard InChI is InChI=1S/C22H34O4/c1-14(2)22(23)26-19-8-4-6-17-16(5-3-7-18(17)19)13-24-12-15-9-10-20-21(11-15)25-20/h15-21H,1,3-13H2,2H3. The average Bonchev–Trinajstić information content (AvgIpc) is 3.41. The summed E-state index contributed by atoms with van der Waals surface area (Å²) in [4.78, 5) is 12.0. The monoisotopic (exact) mass is 362 g/mol. The molecule has 0 radical (unpaired) electrons. The number of carbonyl (C=O) groups excluding carboxylic acids is 1. The Morgan fingerprint density at radius 2 is 1.81 bits per heavy atom. The van der Waals surface area contributed by atoms with E-state index >= 15 is 0 Å². The first-order chi connectivity index (χ1) is 12.6. The number of esters is 1. The molecule has 1 heterocycles. The lowest BCUT2D eigenvalue weighted by Crippen LogP contribution is -2.43. The molecule has 0 bridgehead atoms. The van der Waals surface area contributed by atoms with Crippen molar-refractivity contribution in [2.75, 3.05) is 13.2 Å². The molecule has 26 heavy (non-hydrogen) atoms. The summed E-state index contributed by atoms with van der Waals surface area (Å²) >= 11 is 0. The Morgan fingerprint density at radius 3 is 2.62 bits per heavy atom. The lowest BCUT2D eigenvalue weighted by molar-refractivity contribution is -0.153. The van der Waals surface area contributed by atoms with Crippen molar-refractivity contribution in [2.24, 2.45) is 23.7 Å². The fourth-order valence-corrected chi connectivity index (χ4v) is 5.69. The van der Waals surface area contributed by atoms with Gasteiger partial charge in [0, 0.05) is 18.8 Å². The Labute approximate surface area is 157 Å². The molecule has 3 aliphatic carbocycles. The number of rotatable bonds is 6. The average molecular weight is 363 g/mol. The number of fused-ring (bicyclic) bond motifs is 2. The molecule has 146 valence electrons. The lowest BCUT2D eigenvalue weighted by atomic mass is 9.64. The fourth-order valence-electron chi connectivity index (χ4n) is 5.69. The minimum atomic E-state index is -0.216. The van der Waals surface area contributed by atoms with E-state index in [1.54, 1.807) is 6.92 Å². The molecule has 4 fully saturated rings. The van der Waals surface area contributed by atoms with Gasteiger partial charge in [0.25, 0.3) is 0 Å². The van der Waals surface area contributed by atoms with E-state index in [2.05, 4.69) is 6.58 Å². The van der Waals surface area contributed by atoms with Crippen LogP contribution in [0.5, 0.6) is 0 Å². The molecule has 0 aromatic carbocycles. The van der Waals surface area contributed by atoms with Crippen LogP contribution in [-0.2, 0) is 19.0 Å². The van der Waals surface area contributed by atoms with Crippen LogP contribution in [0.3, 0.4) is 0 Å². The van der Waals surface area contributed by atoms with Crippen LogP contribution in [0, 0.1) is 23.7 Å². The van der Waals surface area contributed by atoms with Crippen molar-refractivity contribution in [3.8, 4) is 0 Å². The molecule has 7 atom stereocenters. The molecule has 4 nitrogen and oxygen atoms in total. The molecule has 4 rings (SSSR count). The maximum absolute atomic E-state index is 12.0. The van der Waals surface area contributed by atoms with Crippen LogP contribution < -0.4 is 0 Å². The molecule has 4 aliphatic rings. The summed E-state index contributed by atoms with van der Waals surface area (Å²) in [5.41, 5.74) is 0.511. The van der Waals surface area contributed by atoms with Crippen molar-refractivity contribution in [2.45, 2.75) is 83.0 Å². The first-order valence-corrected chi connectivity index (χ1v) is 10.7. The van der Waals surface area contributed by atoms with E-state index in [0.717, 1.165) is 26.1 Å². The largest absolute Gasteiger partial charge is 0.459 e. The van der Waals surface area contributed by atoms with Gasteiger partial charge in [-0.3, -0.25) is 0 Å². The van der Waals surface area contributed by atoms with Crippen molar-refractivity contribution in [1.29, 1.82) is 0 Å².